The molecule has 6 aromatic heterocycles. The molecule has 0 unspecified atom stereocenters. The lowest BCUT2D eigenvalue weighted by atomic mass is 9.94. The number of nitrogens with zero attached hydrogens (tertiary/aromatic N) is 4. The molecule has 0 radical (unpaired) electrons. The van der Waals surface area contributed by atoms with Gasteiger partial charge in [0.25, 0.3) is 44.5 Å². The first-order valence-corrected chi connectivity index (χ1v) is 34.0. The molecule has 9 aromatic carbocycles. The number of hydrogen-bond acceptors (Lipinski definition) is 18. The monoisotopic (exact) mass is 1450 g/mol. The Morgan fingerprint density at radius 3 is 0.741 bits per heavy atom. The molecular weight excluding hydrogens is 1370 g/mol. The van der Waals surface area contributed by atoms with Gasteiger partial charge in [-0.2, -0.15) is 0 Å². The molecule has 0 saturated carbocycles. The summed E-state index contributed by atoms with van der Waals surface area (Å²) in [6.07, 6.45) is 1.59. The van der Waals surface area contributed by atoms with Crippen LogP contribution in [0.15, 0.2) is 163 Å². The quantitative estimate of drug-likeness (QED) is 0.108. The number of nitrogen functional groups attached to an aromatic ring is 4. The van der Waals surface area contributed by atoms with E-state index >= 15 is 0 Å². The molecule has 15 aromatic rings. The van der Waals surface area contributed by atoms with E-state index in [1.807, 2.05) is 52.8 Å². The van der Waals surface area contributed by atoms with Gasteiger partial charge in [0.05, 0.1) is 81.7 Å². The number of rotatable bonds is 7. The molecule has 0 aliphatic rings. The normalized spacial score (nSPS) is 11.3. The molecule has 0 amide bonds. The van der Waals surface area contributed by atoms with Crippen LogP contribution in [0.25, 0.3) is 81.7 Å². The van der Waals surface area contributed by atoms with Crippen LogP contribution in [0.4, 0.5) is 22.7 Å². The average Bonchev–Trinajstić information content (AvgIpc) is 1.56. The van der Waals surface area contributed by atoms with Gasteiger partial charge in [-0.1, -0.05) is 75.5 Å². The Morgan fingerprint density at radius 2 is 0.454 bits per heavy atom. The molecule has 0 aliphatic heterocycles. The first-order chi connectivity index (χ1) is 49.8. The van der Waals surface area contributed by atoms with Gasteiger partial charge in [-0.05, 0) is 259 Å². The van der Waals surface area contributed by atoms with Crippen LogP contribution in [-0.4, -0.2) is 18.3 Å². The lowest BCUT2D eigenvalue weighted by Gasteiger charge is -2.17. The van der Waals surface area contributed by atoms with E-state index in [-0.39, 0.29) is 96.4 Å². The summed E-state index contributed by atoms with van der Waals surface area (Å²) in [7, 11) is 1.32. The molecule has 8 N–H and O–H groups in total. The topological polar surface area (TPSA) is 355 Å². The summed E-state index contributed by atoms with van der Waals surface area (Å²) in [6, 6.07) is 28.0. The fraction of sp³-hybridized carbons (Fsp3) is 0.233. The van der Waals surface area contributed by atoms with Gasteiger partial charge in [-0.15, -0.1) is 0 Å². The summed E-state index contributed by atoms with van der Waals surface area (Å²) >= 11 is 0. The number of benzene rings is 9. The van der Waals surface area contributed by atoms with E-state index in [1.54, 1.807) is 26.8 Å². The van der Waals surface area contributed by atoms with Crippen LogP contribution in [0.5, 0.6) is 0 Å². The number of aromatic nitrogens is 4. The standard InChI is InChI=1S/C48H38N4O8.C17H22N2.C10H2O6.C9H14N2.2CH4/c1-20-11-28(12-21(2)26(20)7)15-29-13-24(5)38(25(6)14-29)50-43(55)34-18-36-37(19-35(34)44(50)56)48(60)52(47(36)59)40-23(4)10-22(3)39(27(40)8)51-45(57)32-16-30-31(17-33(32)46(51)58)42(54)49(9)41(30)53;1-10-5-14(6-11(2)16(10)18)9-15-7-12(3)17(19)13(4)8-15;11-7-3-1-4-6(10(14)16-8(4)12)2-5(3)9(13)15-7;1-5-4-6(2)9(11)7(3)8(5)10;;/h10-14,16-19H,15H2,1-9H3;5-8H,9,18-19H2,1-4H3;1-2H;4H,10-11H2,1-3H3;2*1H4. The summed E-state index contributed by atoms with van der Waals surface area (Å²) in [5.41, 5.74) is 38.0. The summed E-state index contributed by atoms with van der Waals surface area (Å²) in [5, 5.41) is -0.286. The predicted molar refractivity (Wildman–Crippen MR) is 435 cm³/mol. The lowest BCUT2D eigenvalue weighted by molar-refractivity contribution is 0.498. The van der Waals surface area contributed by atoms with Crippen molar-refractivity contribution in [3.05, 3.63) is 327 Å². The van der Waals surface area contributed by atoms with Crippen molar-refractivity contribution in [1.82, 2.24) is 18.3 Å². The van der Waals surface area contributed by atoms with Crippen LogP contribution in [0.1, 0.15) is 121 Å². The Labute approximate surface area is 617 Å². The predicted octanol–water partition coefficient (Wildman–Crippen LogP) is 10.9. The van der Waals surface area contributed by atoms with E-state index in [4.69, 9.17) is 22.9 Å². The molecule has 15 rings (SSSR count). The van der Waals surface area contributed by atoms with E-state index in [0.29, 0.717) is 23.2 Å². The maximum atomic E-state index is 14.3. The number of fused-ring (bicyclic) bond motifs is 6. The SMILES string of the molecule is C.C.Cc1cc(C)c(N)c(C)c1N.Cc1cc(Cc2cc(C)c(-n3c(=O)c4cc5c(=O)n(-c6c(C)cc(C)c(-n7c(=O)c8cc9c(=O)n(C)c(=O)c9cc8c7=O)c6C)c(=O)c5cc4c3=O)c(C)c2)cc(C)c1C.Cc1cc(Cc2cc(C)c(N)c(C)c2)cc(C)c1N.O=c1oc(=O)c2cc3c(=O)oc(=O)c3cc12. The van der Waals surface area contributed by atoms with Crippen LogP contribution in [0, 0.1) is 104 Å². The van der Waals surface area contributed by atoms with Crippen LogP contribution in [0.2, 0.25) is 0 Å². The number of anilines is 4. The Kier molecular flexibility index (Phi) is 20.5. The maximum Gasteiger partial charge on any atom is 0.346 e. The average molecular weight is 1450 g/mol. The Morgan fingerprint density at radius 1 is 0.241 bits per heavy atom. The largest absolute Gasteiger partial charge is 0.398 e. The van der Waals surface area contributed by atoms with Crippen molar-refractivity contribution in [2.45, 2.75) is 132 Å². The Bertz CT molecular complexity index is 6590. The van der Waals surface area contributed by atoms with Crippen molar-refractivity contribution >= 4 is 87.4 Å². The van der Waals surface area contributed by atoms with E-state index in [2.05, 4.69) is 93.7 Å². The van der Waals surface area contributed by atoms with Crippen molar-refractivity contribution in [3.8, 4) is 17.1 Å². The zero-order valence-corrected chi connectivity index (χ0v) is 61.5. The Hall–Kier alpha value is -13.0. The highest BCUT2D eigenvalue weighted by molar-refractivity contribution is 6.00. The third-order valence-corrected chi connectivity index (χ3v) is 20.7. The minimum absolute atomic E-state index is 0. The van der Waals surface area contributed by atoms with Crippen molar-refractivity contribution in [2.75, 3.05) is 22.9 Å². The van der Waals surface area contributed by atoms with Crippen LogP contribution in [0.3, 0.4) is 0 Å². The van der Waals surface area contributed by atoms with Gasteiger partial charge in [0.15, 0.2) is 0 Å². The van der Waals surface area contributed by atoms with Crippen molar-refractivity contribution in [3.63, 3.8) is 0 Å². The smallest absolute Gasteiger partial charge is 0.346 e. The van der Waals surface area contributed by atoms with Crippen molar-refractivity contribution < 1.29 is 8.83 Å². The van der Waals surface area contributed by atoms with E-state index in [0.717, 1.165) is 121 Å². The highest BCUT2D eigenvalue weighted by Gasteiger charge is 2.28. The maximum absolute atomic E-state index is 14.3. The molecule has 6 heterocycles. The molecular formula is C86H84N8O14. The number of furan rings is 2. The third kappa shape index (κ3) is 12.9. The van der Waals surface area contributed by atoms with Gasteiger partial charge >= 0.3 is 22.5 Å². The molecule has 22 nitrogen and oxygen atoms in total. The molecule has 552 valence electrons. The van der Waals surface area contributed by atoms with E-state index in [9.17, 15) is 57.5 Å². The molecule has 22 heteroatoms. The minimum Gasteiger partial charge on any atom is -0.398 e. The minimum atomic E-state index is -0.824. The summed E-state index contributed by atoms with van der Waals surface area (Å²) in [6.45, 7) is 29.1. The second kappa shape index (κ2) is 28.5. The fourth-order valence-corrected chi connectivity index (χ4v) is 14.9. The molecule has 0 fully saturated rings. The van der Waals surface area contributed by atoms with E-state index < -0.39 is 67.0 Å². The van der Waals surface area contributed by atoms with Gasteiger partial charge in [0.1, 0.15) is 0 Å². The third-order valence-electron chi connectivity index (χ3n) is 20.7. The van der Waals surface area contributed by atoms with Crippen LogP contribution < -0.4 is 89.9 Å². The van der Waals surface area contributed by atoms with Crippen molar-refractivity contribution in [2.24, 2.45) is 7.05 Å². The van der Waals surface area contributed by atoms with Gasteiger partial charge in [-0.3, -0.25) is 42.9 Å². The lowest BCUT2D eigenvalue weighted by Crippen LogP contribution is -2.29. The highest BCUT2D eigenvalue weighted by Crippen LogP contribution is 2.32. The van der Waals surface area contributed by atoms with Crippen LogP contribution in [-0.2, 0) is 19.9 Å². The van der Waals surface area contributed by atoms with Gasteiger partial charge in [0.2, 0.25) is 0 Å². The molecule has 0 saturated heterocycles. The zero-order chi connectivity index (χ0) is 77.3. The number of nitrogens with two attached hydrogens (primary N) is 4. The first kappa shape index (κ1) is 77.6. The zero-order valence-electron chi connectivity index (χ0n) is 61.5. The first-order valence-electron chi connectivity index (χ1n) is 34.0. The molecule has 0 bridgehead atoms. The van der Waals surface area contributed by atoms with Crippen LogP contribution >= 0.6 is 0 Å². The van der Waals surface area contributed by atoms with Gasteiger partial charge in [-0.25, -0.2) is 32.9 Å². The number of hydrogen-bond donors (Lipinski definition) is 4. The van der Waals surface area contributed by atoms with Gasteiger partial charge in [0, 0.05) is 29.8 Å². The molecule has 108 heavy (non-hydrogen) atoms. The number of aryl methyl sites for hydroxylation is 12. The fourth-order valence-electron chi connectivity index (χ4n) is 14.9. The summed E-state index contributed by atoms with van der Waals surface area (Å²) < 4.78 is 12.6. The highest BCUT2D eigenvalue weighted by atomic mass is 16.4. The summed E-state index contributed by atoms with van der Waals surface area (Å²) in [4.78, 5) is 155. The molecule has 0 spiro atoms. The molecule has 0 aliphatic carbocycles. The summed E-state index contributed by atoms with van der Waals surface area (Å²) in [5.74, 6) is 0. The van der Waals surface area contributed by atoms with E-state index in [1.165, 1.54) is 59.1 Å². The van der Waals surface area contributed by atoms with Gasteiger partial charge < -0.3 is 31.8 Å². The van der Waals surface area contributed by atoms with Crippen molar-refractivity contribution in [1.29, 1.82) is 0 Å². The second-order valence-corrected chi connectivity index (χ2v) is 28.1. The second-order valence-electron chi connectivity index (χ2n) is 28.1. The molecule has 0 atom stereocenters. The Balaban J connectivity index is 0.000000207.